The Morgan fingerprint density at radius 3 is 1.61 bits per heavy atom. The zero-order chi connectivity index (χ0) is 16.2. The maximum atomic E-state index is 9.04. The molecule has 3 rings (SSSR count). The van der Waals surface area contributed by atoms with Crippen LogP contribution in [0.15, 0.2) is 48.5 Å². The SMILES string of the molecule is CC(C)c1ccc(C2OOC(c3ccc(CO)cc3)OO2)cc1. The van der Waals surface area contributed by atoms with Crippen LogP contribution in [0, 0.1) is 0 Å². The van der Waals surface area contributed by atoms with Crippen LogP contribution in [0.4, 0.5) is 0 Å². The fourth-order valence-electron chi connectivity index (χ4n) is 2.27. The van der Waals surface area contributed by atoms with Crippen molar-refractivity contribution in [3.8, 4) is 0 Å². The Hall–Kier alpha value is -1.76. The van der Waals surface area contributed by atoms with Crippen LogP contribution >= 0.6 is 0 Å². The lowest BCUT2D eigenvalue weighted by atomic mass is 10.0. The standard InChI is InChI=1S/C18H20O5/c1-12(2)14-7-9-16(10-8-14)18-22-20-17(21-23-18)15-5-3-13(11-19)4-6-15/h3-10,12,17-19H,11H2,1-2H3. The fourth-order valence-corrected chi connectivity index (χ4v) is 2.27. The average Bonchev–Trinajstić information content (AvgIpc) is 2.62. The summed E-state index contributed by atoms with van der Waals surface area (Å²) in [6.07, 6.45) is -1.47. The highest BCUT2D eigenvalue weighted by molar-refractivity contribution is 5.25. The summed E-state index contributed by atoms with van der Waals surface area (Å²) in [6.45, 7) is 4.27. The van der Waals surface area contributed by atoms with Gasteiger partial charge in [-0.2, -0.15) is 19.6 Å². The first-order chi connectivity index (χ1) is 11.2. The van der Waals surface area contributed by atoms with E-state index in [1.54, 1.807) is 24.3 Å². The van der Waals surface area contributed by atoms with E-state index < -0.39 is 12.6 Å². The summed E-state index contributed by atoms with van der Waals surface area (Å²) in [5, 5.41) is 9.04. The van der Waals surface area contributed by atoms with Gasteiger partial charge in [0.25, 0.3) is 0 Å². The van der Waals surface area contributed by atoms with Gasteiger partial charge in [0.15, 0.2) is 0 Å². The summed E-state index contributed by atoms with van der Waals surface area (Å²) >= 11 is 0. The van der Waals surface area contributed by atoms with Crippen molar-refractivity contribution < 1.29 is 24.7 Å². The first kappa shape index (κ1) is 16.1. The highest BCUT2D eigenvalue weighted by atomic mass is 17.4. The molecular weight excluding hydrogens is 296 g/mol. The lowest BCUT2D eigenvalue weighted by Gasteiger charge is -2.27. The van der Waals surface area contributed by atoms with Crippen molar-refractivity contribution >= 4 is 0 Å². The summed E-state index contributed by atoms with van der Waals surface area (Å²) in [5.41, 5.74) is 3.63. The molecule has 0 radical (unpaired) electrons. The highest BCUT2D eigenvalue weighted by Gasteiger charge is 2.28. The fraction of sp³-hybridized carbons (Fsp3) is 0.333. The van der Waals surface area contributed by atoms with Crippen molar-refractivity contribution in [1.29, 1.82) is 0 Å². The molecule has 0 aliphatic carbocycles. The average molecular weight is 316 g/mol. The van der Waals surface area contributed by atoms with Gasteiger partial charge in [-0.15, -0.1) is 0 Å². The molecule has 1 heterocycles. The molecule has 0 amide bonds. The zero-order valence-corrected chi connectivity index (χ0v) is 13.1. The molecule has 2 aromatic carbocycles. The number of hydrogen-bond acceptors (Lipinski definition) is 5. The lowest BCUT2D eigenvalue weighted by molar-refractivity contribution is -0.600. The van der Waals surface area contributed by atoms with Gasteiger partial charge in [-0.25, -0.2) is 0 Å². The monoisotopic (exact) mass is 316 g/mol. The molecule has 0 spiro atoms. The second-order valence-electron chi connectivity index (χ2n) is 5.77. The first-order valence-electron chi connectivity index (χ1n) is 7.61. The molecule has 1 N–H and O–H groups in total. The Labute approximate surface area is 135 Å². The molecule has 23 heavy (non-hydrogen) atoms. The van der Waals surface area contributed by atoms with E-state index in [9.17, 15) is 0 Å². The lowest BCUT2D eigenvalue weighted by Crippen LogP contribution is -2.22. The summed E-state index contributed by atoms with van der Waals surface area (Å²) in [5.74, 6) is 0.469. The van der Waals surface area contributed by atoms with Crippen molar-refractivity contribution in [3.63, 3.8) is 0 Å². The van der Waals surface area contributed by atoms with Crippen LogP contribution in [0.5, 0.6) is 0 Å². The van der Waals surface area contributed by atoms with Gasteiger partial charge in [0, 0.05) is 11.1 Å². The van der Waals surface area contributed by atoms with Gasteiger partial charge in [0.05, 0.1) is 6.61 Å². The number of benzene rings is 2. The Balaban J connectivity index is 1.61. The summed E-state index contributed by atoms with van der Waals surface area (Å²) in [6, 6.07) is 15.1. The molecule has 0 saturated carbocycles. The van der Waals surface area contributed by atoms with Crippen LogP contribution in [0.3, 0.4) is 0 Å². The third-order valence-electron chi connectivity index (χ3n) is 3.77. The molecule has 1 aliphatic heterocycles. The van der Waals surface area contributed by atoms with Gasteiger partial charge in [-0.3, -0.25) is 0 Å². The van der Waals surface area contributed by atoms with Gasteiger partial charge in [0.2, 0.25) is 12.6 Å². The van der Waals surface area contributed by atoms with Gasteiger partial charge < -0.3 is 5.11 Å². The van der Waals surface area contributed by atoms with Gasteiger partial charge >= 0.3 is 0 Å². The number of hydrogen-bond donors (Lipinski definition) is 1. The zero-order valence-electron chi connectivity index (χ0n) is 13.1. The molecule has 0 atom stereocenters. The molecule has 0 bridgehead atoms. The van der Waals surface area contributed by atoms with Crippen molar-refractivity contribution in [2.45, 2.75) is 39.0 Å². The Bertz CT molecular complexity index is 613. The molecule has 1 aliphatic rings. The second-order valence-corrected chi connectivity index (χ2v) is 5.77. The summed E-state index contributed by atoms with van der Waals surface area (Å²) in [4.78, 5) is 21.1. The first-order valence-corrected chi connectivity index (χ1v) is 7.61. The number of aliphatic hydroxyl groups is 1. The minimum absolute atomic E-state index is 0.00585. The predicted octanol–water partition coefficient (Wildman–Crippen LogP) is 3.91. The van der Waals surface area contributed by atoms with Crippen molar-refractivity contribution in [2.24, 2.45) is 0 Å². The van der Waals surface area contributed by atoms with Crippen LogP contribution in [-0.2, 0) is 26.2 Å². The molecule has 2 aromatic rings. The maximum absolute atomic E-state index is 9.04. The largest absolute Gasteiger partial charge is 0.392 e. The normalized spacial score (nSPS) is 21.6. The molecule has 122 valence electrons. The number of rotatable bonds is 4. The van der Waals surface area contributed by atoms with Crippen LogP contribution in [-0.4, -0.2) is 5.11 Å². The van der Waals surface area contributed by atoms with Crippen molar-refractivity contribution in [1.82, 2.24) is 0 Å². The van der Waals surface area contributed by atoms with Gasteiger partial charge in [0.1, 0.15) is 0 Å². The second kappa shape index (κ2) is 7.21. The molecule has 1 saturated heterocycles. The predicted molar refractivity (Wildman–Crippen MR) is 82.7 cm³/mol. The minimum atomic E-state index is -0.756. The number of aliphatic hydroxyl groups excluding tert-OH is 1. The van der Waals surface area contributed by atoms with E-state index >= 15 is 0 Å². The Morgan fingerprint density at radius 2 is 1.22 bits per heavy atom. The smallest absolute Gasteiger partial charge is 0.249 e. The Kier molecular flexibility index (Phi) is 5.05. The van der Waals surface area contributed by atoms with Crippen molar-refractivity contribution in [2.75, 3.05) is 0 Å². The molecule has 5 nitrogen and oxygen atoms in total. The summed E-state index contributed by atoms with van der Waals surface area (Å²) < 4.78 is 0. The van der Waals surface area contributed by atoms with Gasteiger partial charge in [-0.05, 0) is 17.0 Å². The quantitative estimate of drug-likeness (QED) is 0.867. The third-order valence-corrected chi connectivity index (χ3v) is 3.77. The topological polar surface area (TPSA) is 57.2 Å². The highest BCUT2D eigenvalue weighted by Crippen LogP contribution is 2.32. The van der Waals surface area contributed by atoms with Crippen LogP contribution in [0.1, 0.15) is 54.6 Å². The van der Waals surface area contributed by atoms with Crippen LogP contribution in [0.25, 0.3) is 0 Å². The van der Waals surface area contributed by atoms with E-state index in [1.165, 1.54) is 5.56 Å². The van der Waals surface area contributed by atoms with E-state index in [1.807, 2.05) is 24.3 Å². The van der Waals surface area contributed by atoms with E-state index in [0.29, 0.717) is 5.92 Å². The van der Waals surface area contributed by atoms with Crippen LogP contribution < -0.4 is 0 Å². The molecular formula is C18H20O5. The Morgan fingerprint density at radius 1 is 0.783 bits per heavy atom. The van der Waals surface area contributed by atoms with E-state index in [0.717, 1.165) is 16.7 Å². The minimum Gasteiger partial charge on any atom is -0.392 e. The van der Waals surface area contributed by atoms with E-state index in [2.05, 4.69) is 13.8 Å². The van der Waals surface area contributed by atoms with E-state index in [4.69, 9.17) is 24.7 Å². The van der Waals surface area contributed by atoms with Gasteiger partial charge in [-0.1, -0.05) is 62.4 Å². The molecule has 1 fully saturated rings. The summed E-state index contributed by atoms with van der Waals surface area (Å²) in [7, 11) is 0. The molecule has 5 heteroatoms. The van der Waals surface area contributed by atoms with Crippen LogP contribution in [0.2, 0.25) is 0 Å². The molecule has 0 aromatic heterocycles. The third kappa shape index (κ3) is 3.77. The maximum Gasteiger partial charge on any atom is 0.249 e. The van der Waals surface area contributed by atoms with Crippen molar-refractivity contribution in [3.05, 3.63) is 70.8 Å². The van der Waals surface area contributed by atoms with E-state index in [-0.39, 0.29) is 6.61 Å². The molecule has 0 unspecified atom stereocenters.